The van der Waals surface area contributed by atoms with E-state index in [1.807, 2.05) is 0 Å². The zero-order valence-electron chi connectivity index (χ0n) is 12.8. The number of hydrogen-bond acceptors (Lipinski definition) is 4. The van der Waals surface area contributed by atoms with E-state index in [4.69, 9.17) is 0 Å². The summed E-state index contributed by atoms with van der Waals surface area (Å²) >= 11 is 0. The SMILES string of the molecule is O=[N+]([O-])C(c1c[nH]c2ccccc12)(c1c[nH]c2ccccc12)[N+](=O)[O-]. The summed E-state index contributed by atoms with van der Waals surface area (Å²) in [6.07, 6.45) is 2.69. The molecule has 0 saturated carbocycles. The molecule has 4 aromatic rings. The van der Waals surface area contributed by atoms with E-state index in [-0.39, 0.29) is 11.1 Å². The molecule has 8 heteroatoms. The standard InChI is InChI=1S/C17H12N4O4/c22-20(23)17(21(24)25,13-9-18-15-7-3-1-5-11(13)15)14-10-19-16-8-4-2-6-12(14)16/h1-10,18-19H. The molecule has 0 bridgehead atoms. The molecule has 2 heterocycles. The van der Waals surface area contributed by atoms with Gasteiger partial charge < -0.3 is 9.97 Å². The molecule has 4 rings (SSSR count). The van der Waals surface area contributed by atoms with Crippen LogP contribution in [0.1, 0.15) is 11.1 Å². The monoisotopic (exact) mass is 336 g/mol. The lowest BCUT2D eigenvalue weighted by Crippen LogP contribution is -2.44. The van der Waals surface area contributed by atoms with Crippen molar-refractivity contribution in [2.45, 2.75) is 5.66 Å². The minimum absolute atomic E-state index is 0.00264. The number of nitrogens with zero attached hydrogens (tertiary/aromatic N) is 2. The van der Waals surface area contributed by atoms with Gasteiger partial charge in [-0.3, -0.25) is 20.2 Å². The Kier molecular flexibility index (Phi) is 3.08. The first-order valence-electron chi connectivity index (χ1n) is 7.49. The lowest BCUT2D eigenvalue weighted by atomic mass is 9.91. The molecule has 0 atom stereocenters. The number of benzene rings is 2. The van der Waals surface area contributed by atoms with E-state index in [1.165, 1.54) is 12.4 Å². The molecule has 0 aliphatic carbocycles. The van der Waals surface area contributed by atoms with E-state index in [0.717, 1.165) is 0 Å². The molecule has 0 radical (unpaired) electrons. The number of para-hydroxylation sites is 2. The summed E-state index contributed by atoms with van der Waals surface area (Å²) in [5.74, 6) is 0. The Morgan fingerprint density at radius 2 is 1.12 bits per heavy atom. The molecule has 2 N–H and O–H groups in total. The van der Waals surface area contributed by atoms with Crippen LogP contribution in [0, 0.1) is 20.2 Å². The van der Waals surface area contributed by atoms with Crippen LogP contribution in [0.5, 0.6) is 0 Å². The van der Waals surface area contributed by atoms with Crippen molar-refractivity contribution < 1.29 is 9.85 Å². The lowest BCUT2D eigenvalue weighted by Gasteiger charge is -2.16. The maximum Gasteiger partial charge on any atom is 0.514 e. The quantitative estimate of drug-likeness (QED) is 0.337. The lowest BCUT2D eigenvalue weighted by molar-refractivity contribution is -0.795. The topological polar surface area (TPSA) is 118 Å². The summed E-state index contributed by atoms with van der Waals surface area (Å²) in [5.41, 5.74) is -1.40. The molecule has 8 nitrogen and oxygen atoms in total. The van der Waals surface area contributed by atoms with Crippen LogP contribution in [0.25, 0.3) is 21.8 Å². The molecule has 2 aromatic carbocycles. The van der Waals surface area contributed by atoms with Crippen LogP contribution in [0.4, 0.5) is 0 Å². The third kappa shape index (κ3) is 1.87. The molecule has 124 valence electrons. The molecule has 0 spiro atoms. The minimum Gasteiger partial charge on any atom is -0.360 e. The largest absolute Gasteiger partial charge is 0.514 e. The maximum absolute atomic E-state index is 12.1. The molecule has 2 aromatic heterocycles. The number of H-pyrrole nitrogens is 2. The first kappa shape index (κ1) is 14.9. The summed E-state index contributed by atoms with van der Waals surface area (Å²) in [6, 6.07) is 13.6. The zero-order valence-corrected chi connectivity index (χ0v) is 12.8. The van der Waals surface area contributed by atoms with Gasteiger partial charge in [0.25, 0.3) is 0 Å². The number of aromatic amines is 2. The summed E-state index contributed by atoms with van der Waals surface area (Å²) in [5, 5.41) is 25.1. The van der Waals surface area contributed by atoms with Crippen molar-refractivity contribution in [3.63, 3.8) is 0 Å². The number of hydrogen-bond donors (Lipinski definition) is 2. The van der Waals surface area contributed by atoms with Crippen molar-refractivity contribution in [2.24, 2.45) is 0 Å². The van der Waals surface area contributed by atoms with Gasteiger partial charge in [0.15, 0.2) is 0 Å². The third-order valence-corrected chi connectivity index (χ3v) is 4.46. The van der Waals surface area contributed by atoms with Gasteiger partial charge in [-0.05, 0) is 12.1 Å². The Hall–Kier alpha value is -3.68. The van der Waals surface area contributed by atoms with E-state index in [2.05, 4.69) is 9.97 Å². The second kappa shape index (κ2) is 5.17. The van der Waals surface area contributed by atoms with Crippen molar-refractivity contribution in [1.82, 2.24) is 9.97 Å². The van der Waals surface area contributed by atoms with Crippen molar-refractivity contribution in [2.75, 3.05) is 0 Å². The van der Waals surface area contributed by atoms with E-state index in [9.17, 15) is 20.2 Å². The third-order valence-electron chi connectivity index (χ3n) is 4.46. The summed E-state index contributed by atoms with van der Waals surface area (Å²) in [7, 11) is 0. The highest BCUT2D eigenvalue weighted by Gasteiger charge is 2.62. The number of nitrogens with one attached hydrogen (secondary N) is 2. The number of fused-ring (bicyclic) bond motifs is 2. The molecular weight excluding hydrogens is 324 g/mol. The predicted octanol–water partition coefficient (Wildman–Crippen LogP) is 3.40. The van der Waals surface area contributed by atoms with Gasteiger partial charge in [0.1, 0.15) is 21.0 Å². The van der Waals surface area contributed by atoms with Crippen LogP contribution in [0.2, 0.25) is 0 Å². The molecule has 0 fully saturated rings. The highest BCUT2D eigenvalue weighted by molar-refractivity contribution is 5.88. The van der Waals surface area contributed by atoms with Gasteiger partial charge in [-0.15, -0.1) is 0 Å². The van der Waals surface area contributed by atoms with Crippen molar-refractivity contribution >= 4 is 21.8 Å². The van der Waals surface area contributed by atoms with Crippen molar-refractivity contribution in [3.05, 3.63) is 92.3 Å². The second-order valence-corrected chi connectivity index (χ2v) is 5.68. The molecule has 0 amide bonds. The highest BCUT2D eigenvalue weighted by Crippen LogP contribution is 2.40. The summed E-state index contributed by atoms with van der Waals surface area (Å²) in [6.45, 7) is 0. The fourth-order valence-electron chi connectivity index (χ4n) is 3.33. The molecule has 0 saturated heterocycles. The van der Waals surface area contributed by atoms with E-state index < -0.39 is 15.5 Å². The van der Waals surface area contributed by atoms with Gasteiger partial charge in [-0.1, -0.05) is 36.4 Å². The summed E-state index contributed by atoms with van der Waals surface area (Å²) in [4.78, 5) is 28.3. The van der Waals surface area contributed by atoms with Crippen LogP contribution in [0.15, 0.2) is 60.9 Å². The highest BCUT2D eigenvalue weighted by atomic mass is 16.7. The Balaban J connectivity index is 2.14. The van der Waals surface area contributed by atoms with E-state index in [0.29, 0.717) is 21.8 Å². The fraction of sp³-hybridized carbons (Fsp3) is 0.0588. The Bertz CT molecular complexity index is 1040. The average Bonchev–Trinajstić information content (AvgIpc) is 3.21. The molecular formula is C17H12N4O4. The van der Waals surface area contributed by atoms with Crippen LogP contribution in [0.3, 0.4) is 0 Å². The number of aromatic nitrogens is 2. The van der Waals surface area contributed by atoms with Gasteiger partial charge in [-0.2, -0.15) is 0 Å². The summed E-state index contributed by atoms with van der Waals surface area (Å²) < 4.78 is 0. The first-order chi connectivity index (χ1) is 12.1. The van der Waals surface area contributed by atoms with Crippen LogP contribution in [-0.2, 0) is 5.66 Å². The van der Waals surface area contributed by atoms with Gasteiger partial charge in [0.05, 0.1) is 0 Å². The van der Waals surface area contributed by atoms with Gasteiger partial charge in [-0.25, -0.2) is 0 Å². The number of rotatable bonds is 4. The average molecular weight is 336 g/mol. The normalized spacial score (nSPS) is 11.8. The van der Waals surface area contributed by atoms with Gasteiger partial charge in [0, 0.05) is 34.2 Å². The maximum atomic E-state index is 12.1. The Labute approximate surface area is 140 Å². The van der Waals surface area contributed by atoms with Crippen molar-refractivity contribution in [3.8, 4) is 0 Å². The van der Waals surface area contributed by atoms with Crippen LogP contribution in [-0.4, -0.2) is 19.8 Å². The van der Waals surface area contributed by atoms with Gasteiger partial charge >= 0.3 is 5.66 Å². The molecule has 25 heavy (non-hydrogen) atoms. The Morgan fingerprint density at radius 1 is 0.720 bits per heavy atom. The van der Waals surface area contributed by atoms with Crippen LogP contribution >= 0.6 is 0 Å². The second-order valence-electron chi connectivity index (χ2n) is 5.68. The van der Waals surface area contributed by atoms with E-state index >= 15 is 0 Å². The predicted molar refractivity (Wildman–Crippen MR) is 91.4 cm³/mol. The smallest absolute Gasteiger partial charge is 0.360 e. The number of nitro groups is 2. The minimum atomic E-state index is -2.61. The molecule has 0 aliphatic rings. The zero-order chi connectivity index (χ0) is 17.6. The van der Waals surface area contributed by atoms with Gasteiger partial charge in [0.2, 0.25) is 0 Å². The first-order valence-corrected chi connectivity index (χ1v) is 7.49. The Morgan fingerprint density at radius 3 is 1.52 bits per heavy atom. The fourth-order valence-corrected chi connectivity index (χ4v) is 3.33. The van der Waals surface area contributed by atoms with Crippen molar-refractivity contribution in [1.29, 1.82) is 0 Å². The molecule has 0 aliphatic heterocycles. The van der Waals surface area contributed by atoms with Crippen LogP contribution < -0.4 is 0 Å². The molecule has 0 unspecified atom stereocenters. The van der Waals surface area contributed by atoms with E-state index in [1.54, 1.807) is 48.5 Å².